The number of hydrogen-bond donors (Lipinski definition) is 2. The molecule has 2 rings (SSSR count). The van der Waals surface area contributed by atoms with Gasteiger partial charge in [0.2, 0.25) is 11.8 Å². The standard InChI is InChI=1S/C30H43N3O4/c1-10-30(8,9)33(27(35)22(4)32-28(36)37-29(5,6)7)25(24-17-20(2)16-21(3)18-24)26(34)31-19-23-14-12-11-13-15-23/h11-18,22,25H,10,19H2,1-9H3,(H,31,34)(H,32,36). The summed E-state index contributed by atoms with van der Waals surface area (Å²) >= 11 is 0. The molecule has 0 heterocycles. The minimum atomic E-state index is -0.906. The minimum Gasteiger partial charge on any atom is -0.444 e. The molecular weight excluding hydrogens is 466 g/mol. The molecular formula is C30H43N3O4. The molecule has 3 amide bonds. The number of ether oxygens (including phenoxy) is 1. The Hall–Kier alpha value is -3.35. The van der Waals surface area contributed by atoms with Crippen LogP contribution in [0.5, 0.6) is 0 Å². The molecule has 0 fully saturated rings. The number of benzene rings is 2. The smallest absolute Gasteiger partial charge is 0.408 e. The van der Waals surface area contributed by atoms with E-state index in [9.17, 15) is 14.4 Å². The number of hydrogen-bond acceptors (Lipinski definition) is 4. The Balaban J connectivity index is 2.50. The zero-order valence-corrected chi connectivity index (χ0v) is 23.8. The molecule has 0 saturated heterocycles. The molecule has 2 N–H and O–H groups in total. The maximum atomic E-state index is 14.0. The van der Waals surface area contributed by atoms with Crippen molar-refractivity contribution in [2.45, 2.75) is 98.5 Å². The fourth-order valence-corrected chi connectivity index (χ4v) is 4.17. The first-order valence-electron chi connectivity index (χ1n) is 12.9. The molecule has 2 unspecified atom stereocenters. The Morgan fingerprint density at radius 2 is 1.51 bits per heavy atom. The van der Waals surface area contributed by atoms with E-state index in [0.29, 0.717) is 13.0 Å². The SMILES string of the molecule is CCC(C)(C)N(C(=O)C(C)NC(=O)OC(C)(C)C)C(C(=O)NCc1ccccc1)c1cc(C)cc(C)c1. The summed E-state index contributed by atoms with van der Waals surface area (Å²) < 4.78 is 5.36. The van der Waals surface area contributed by atoms with Crippen molar-refractivity contribution in [3.8, 4) is 0 Å². The Bertz CT molecular complexity index is 1070. The van der Waals surface area contributed by atoms with Crippen molar-refractivity contribution in [1.29, 1.82) is 0 Å². The predicted molar refractivity (Wildman–Crippen MR) is 147 cm³/mol. The van der Waals surface area contributed by atoms with Crippen LogP contribution >= 0.6 is 0 Å². The summed E-state index contributed by atoms with van der Waals surface area (Å²) in [7, 11) is 0. The molecule has 2 atom stereocenters. The zero-order chi connectivity index (χ0) is 28.0. The lowest BCUT2D eigenvalue weighted by molar-refractivity contribution is -0.149. The summed E-state index contributed by atoms with van der Waals surface area (Å²) in [6.45, 7) is 17.0. The normalized spacial score (nSPS) is 13.3. The number of amides is 3. The van der Waals surface area contributed by atoms with Crippen LogP contribution in [0.4, 0.5) is 4.79 Å². The number of carbonyl (C=O) groups excluding carboxylic acids is 3. The van der Waals surface area contributed by atoms with Gasteiger partial charge in [-0.15, -0.1) is 0 Å². The van der Waals surface area contributed by atoms with E-state index >= 15 is 0 Å². The van der Waals surface area contributed by atoms with Crippen molar-refractivity contribution < 1.29 is 19.1 Å². The highest BCUT2D eigenvalue weighted by atomic mass is 16.6. The van der Waals surface area contributed by atoms with Crippen LogP contribution in [0.15, 0.2) is 48.5 Å². The molecule has 2 aromatic carbocycles. The number of nitrogens with zero attached hydrogens (tertiary/aromatic N) is 1. The molecule has 37 heavy (non-hydrogen) atoms. The second kappa shape index (κ2) is 12.3. The number of rotatable bonds is 9. The van der Waals surface area contributed by atoms with Crippen LogP contribution < -0.4 is 10.6 Å². The number of alkyl carbamates (subject to hydrolysis) is 1. The minimum absolute atomic E-state index is 0.284. The van der Waals surface area contributed by atoms with Crippen molar-refractivity contribution in [3.63, 3.8) is 0 Å². The quantitative estimate of drug-likeness (QED) is 0.461. The molecule has 0 aromatic heterocycles. The van der Waals surface area contributed by atoms with Crippen LogP contribution in [0.3, 0.4) is 0 Å². The first-order valence-corrected chi connectivity index (χ1v) is 12.9. The van der Waals surface area contributed by atoms with Gasteiger partial charge in [-0.1, -0.05) is 66.6 Å². The van der Waals surface area contributed by atoms with Crippen LogP contribution in [-0.2, 0) is 20.9 Å². The van der Waals surface area contributed by atoms with Gasteiger partial charge in [-0.3, -0.25) is 9.59 Å². The van der Waals surface area contributed by atoms with E-state index in [1.165, 1.54) is 0 Å². The Labute approximate surface area is 222 Å². The Kier molecular flexibility index (Phi) is 9.90. The third-order valence-corrected chi connectivity index (χ3v) is 6.23. The van der Waals surface area contributed by atoms with Crippen molar-refractivity contribution in [3.05, 3.63) is 70.8 Å². The number of carbonyl (C=O) groups is 3. The summed E-state index contributed by atoms with van der Waals surface area (Å²) in [6.07, 6.45) is -0.0791. The molecule has 0 radical (unpaired) electrons. The largest absolute Gasteiger partial charge is 0.444 e. The van der Waals surface area contributed by atoms with E-state index in [-0.39, 0.29) is 11.8 Å². The second-order valence-corrected chi connectivity index (χ2v) is 11.3. The van der Waals surface area contributed by atoms with Gasteiger partial charge in [-0.25, -0.2) is 4.79 Å². The number of aryl methyl sites for hydroxylation is 2. The molecule has 0 aliphatic carbocycles. The molecule has 0 aliphatic heterocycles. The van der Waals surface area contributed by atoms with E-state index in [2.05, 4.69) is 10.6 Å². The van der Waals surface area contributed by atoms with Gasteiger partial charge in [0.05, 0.1) is 0 Å². The van der Waals surface area contributed by atoms with Crippen LogP contribution in [-0.4, -0.2) is 40.0 Å². The summed E-state index contributed by atoms with van der Waals surface area (Å²) in [6, 6.07) is 13.8. The average Bonchev–Trinajstić information content (AvgIpc) is 2.79. The van der Waals surface area contributed by atoms with Crippen molar-refractivity contribution in [1.82, 2.24) is 15.5 Å². The number of nitrogens with one attached hydrogen (secondary N) is 2. The zero-order valence-electron chi connectivity index (χ0n) is 23.8. The topological polar surface area (TPSA) is 87.7 Å². The van der Waals surface area contributed by atoms with Crippen LogP contribution in [0.1, 0.15) is 83.2 Å². The van der Waals surface area contributed by atoms with Crippen molar-refractivity contribution in [2.24, 2.45) is 0 Å². The molecule has 202 valence electrons. The highest BCUT2D eigenvalue weighted by molar-refractivity contribution is 5.92. The molecule has 0 saturated carbocycles. The Morgan fingerprint density at radius 1 is 0.946 bits per heavy atom. The van der Waals surface area contributed by atoms with E-state index in [1.54, 1.807) is 32.6 Å². The molecule has 7 heteroatoms. The average molecular weight is 510 g/mol. The summed E-state index contributed by atoms with van der Waals surface area (Å²) in [5, 5.41) is 5.69. The van der Waals surface area contributed by atoms with Gasteiger partial charge in [0, 0.05) is 12.1 Å². The van der Waals surface area contributed by atoms with Gasteiger partial charge >= 0.3 is 6.09 Å². The lowest BCUT2D eigenvalue weighted by atomic mass is 9.91. The van der Waals surface area contributed by atoms with E-state index in [0.717, 1.165) is 22.3 Å². The van der Waals surface area contributed by atoms with Gasteiger partial charge < -0.3 is 20.3 Å². The monoisotopic (exact) mass is 509 g/mol. The van der Waals surface area contributed by atoms with E-state index in [4.69, 9.17) is 4.74 Å². The molecule has 0 bridgehead atoms. The van der Waals surface area contributed by atoms with Crippen molar-refractivity contribution in [2.75, 3.05) is 0 Å². The summed E-state index contributed by atoms with van der Waals surface area (Å²) in [5.41, 5.74) is 2.29. The van der Waals surface area contributed by atoms with Crippen LogP contribution in [0.25, 0.3) is 0 Å². The van der Waals surface area contributed by atoms with Gasteiger partial charge in [0.15, 0.2) is 0 Å². The van der Waals surface area contributed by atoms with E-state index < -0.39 is 29.3 Å². The molecule has 0 spiro atoms. The van der Waals surface area contributed by atoms with Gasteiger partial charge in [-0.2, -0.15) is 0 Å². The van der Waals surface area contributed by atoms with Crippen molar-refractivity contribution >= 4 is 17.9 Å². The maximum absolute atomic E-state index is 14.0. The first kappa shape index (κ1) is 29.9. The third kappa shape index (κ3) is 8.62. The first-order chi connectivity index (χ1) is 17.1. The van der Waals surface area contributed by atoms with Crippen LogP contribution in [0, 0.1) is 13.8 Å². The maximum Gasteiger partial charge on any atom is 0.408 e. The van der Waals surface area contributed by atoms with Crippen LogP contribution in [0.2, 0.25) is 0 Å². The fourth-order valence-electron chi connectivity index (χ4n) is 4.17. The molecule has 0 aliphatic rings. The Morgan fingerprint density at radius 3 is 2.03 bits per heavy atom. The second-order valence-electron chi connectivity index (χ2n) is 11.3. The highest BCUT2D eigenvalue weighted by Crippen LogP contribution is 2.33. The molecule has 7 nitrogen and oxygen atoms in total. The predicted octanol–water partition coefficient (Wildman–Crippen LogP) is 5.59. The summed E-state index contributed by atoms with van der Waals surface area (Å²) in [5.74, 6) is -0.648. The van der Waals surface area contributed by atoms with Gasteiger partial charge in [-0.05, 0) is 72.9 Å². The third-order valence-electron chi connectivity index (χ3n) is 6.23. The lowest BCUT2D eigenvalue weighted by Crippen LogP contribution is -2.58. The lowest BCUT2D eigenvalue weighted by Gasteiger charge is -2.44. The van der Waals surface area contributed by atoms with Gasteiger partial charge in [0.1, 0.15) is 17.7 Å². The van der Waals surface area contributed by atoms with Gasteiger partial charge in [0.25, 0.3) is 0 Å². The fraction of sp³-hybridized carbons (Fsp3) is 0.500. The van der Waals surface area contributed by atoms with E-state index in [1.807, 2.05) is 83.1 Å². The summed E-state index contributed by atoms with van der Waals surface area (Å²) in [4.78, 5) is 41.9. The molecule has 2 aromatic rings. The highest BCUT2D eigenvalue weighted by Gasteiger charge is 2.42.